The summed E-state index contributed by atoms with van der Waals surface area (Å²) in [4.78, 5) is 2.31. The van der Waals surface area contributed by atoms with Crippen LogP contribution in [0.1, 0.15) is 25.8 Å². The lowest BCUT2D eigenvalue weighted by Gasteiger charge is -2.22. The maximum atomic E-state index is 13.6. The molecule has 1 aliphatic rings. The largest absolute Gasteiger partial charge is 0.398 e. The van der Waals surface area contributed by atoms with Crippen LogP contribution in [0.4, 0.5) is 10.1 Å². The standard InChI is InChI=1S/C13H19FN2/c1-9-6-10(2)16(7-9)8-11-12(14)4-3-5-13(11)15/h3-5,9-10H,6-8,15H2,1-2H3. The van der Waals surface area contributed by atoms with Crippen molar-refractivity contribution in [1.82, 2.24) is 4.90 Å². The van der Waals surface area contributed by atoms with Crippen molar-refractivity contribution in [3.8, 4) is 0 Å². The quantitative estimate of drug-likeness (QED) is 0.779. The lowest BCUT2D eigenvalue weighted by molar-refractivity contribution is 0.253. The van der Waals surface area contributed by atoms with Crippen LogP contribution in [0.25, 0.3) is 0 Å². The first kappa shape index (κ1) is 11.4. The number of hydrogen-bond donors (Lipinski definition) is 1. The molecule has 2 rings (SSSR count). The maximum absolute atomic E-state index is 13.6. The molecule has 0 amide bonds. The molecule has 2 unspecified atom stereocenters. The lowest BCUT2D eigenvalue weighted by Crippen LogP contribution is -2.27. The van der Waals surface area contributed by atoms with E-state index in [4.69, 9.17) is 5.73 Å². The fourth-order valence-corrected chi connectivity index (χ4v) is 2.55. The molecule has 2 N–H and O–H groups in total. The number of anilines is 1. The van der Waals surface area contributed by atoms with Gasteiger partial charge in [0.1, 0.15) is 5.82 Å². The van der Waals surface area contributed by atoms with E-state index in [1.807, 2.05) is 0 Å². The fourth-order valence-electron chi connectivity index (χ4n) is 2.55. The zero-order chi connectivity index (χ0) is 11.7. The minimum absolute atomic E-state index is 0.188. The first-order valence-corrected chi connectivity index (χ1v) is 5.85. The van der Waals surface area contributed by atoms with Crippen molar-refractivity contribution in [3.05, 3.63) is 29.6 Å². The Labute approximate surface area is 96.2 Å². The Balaban J connectivity index is 2.15. The van der Waals surface area contributed by atoms with Gasteiger partial charge in [-0.25, -0.2) is 4.39 Å². The average molecular weight is 222 g/mol. The molecule has 0 aliphatic carbocycles. The number of likely N-dealkylation sites (tertiary alicyclic amines) is 1. The molecule has 1 heterocycles. The number of hydrogen-bond acceptors (Lipinski definition) is 2. The van der Waals surface area contributed by atoms with E-state index in [-0.39, 0.29) is 5.82 Å². The second-order valence-corrected chi connectivity index (χ2v) is 4.93. The molecule has 1 fully saturated rings. The first-order valence-electron chi connectivity index (χ1n) is 5.85. The SMILES string of the molecule is CC1CC(C)N(Cc2c(N)cccc2F)C1. The molecular weight excluding hydrogens is 203 g/mol. The Morgan fingerprint density at radius 2 is 2.19 bits per heavy atom. The molecule has 1 aromatic carbocycles. The molecule has 0 bridgehead atoms. The van der Waals surface area contributed by atoms with E-state index in [2.05, 4.69) is 18.7 Å². The van der Waals surface area contributed by atoms with Gasteiger partial charge < -0.3 is 5.73 Å². The van der Waals surface area contributed by atoms with E-state index in [9.17, 15) is 4.39 Å². The predicted octanol–water partition coefficient (Wildman–Crippen LogP) is 2.64. The Morgan fingerprint density at radius 3 is 2.75 bits per heavy atom. The third-order valence-corrected chi connectivity index (χ3v) is 3.43. The maximum Gasteiger partial charge on any atom is 0.129 e. The van der Waals surface area contributed by atoms with Crippen molar-refractivity contribution >= 4 is 5.69 Å². The lowest BCUT2D eigenvalue weighted by atomic mass is 10.1. The molecule has 1 aromatic rings. The van der Waals surface area contributed by atoms with Crippen LogP contribution in [0.3, 0.4) is 0 Å². The van der Waals surface area contributed by atoms with Gasteiger partial charge in [-0.05, 0) is 31.4 Å². The number of halogens is 1. The topological polar surface area (TPSA) is 29.3 Å². The molecule has 0 aromatic heterocycles. The molecular formula is C13H19FN2. The normalized spacial score (nSPS) is 26.2. The fraction of sp³-hybridized carbons (Fsp3) is 0.538. The highest BCUT2D eigenvalue weighted by atomic mass is 19.1. The molecule has 1 saturated heterocycles. The van der Waals surface area contributed by atoms with Gasteiger partial charge in [0.15, 0.2) is 0 Å². The molecule has 3 heteroatoms. The third kappa shape index (κ3) is 2.19. The van der Waals surface area contributed by atoms with Crippen molar-refractivity contribution in [1.29, 1.82) is 0 Å². The van der Waals surface area contributed by atoms with Crippen LogP contribution in [-0.2, 0) is 6.54 Å². The highest BCUT2D eigenvalue weighted by Crippen LogP contribution is 2.26. The van der Waals surface area contributed by atoms with Crippen LogP contribution in [-0.4, -0.2) is 17.5 Å². The van der Waals surface area contributed by atoms with E-state index in [1.54, 1.807) is 12.1 Å². The van der Waals surface area contributed by atoms with E-state index >= 15 is 0 Å². The first-order chi connectivity index (χ1) is 7.58. The van der Waals surface area contributed by atoms with E-state index in [1.165, 1.54) is 12.5 Å². The van der Waals surface area contributed by atoms with E-state index in [0.29, 0.717) is 29.8 Å². The van der Waals surface area contributed by atoms with Gasteiger partial charge >= 0.3 is 0 Å². The minimum Gasteiger partial charge on any atom is -0.398 e. The molecule has 16 heavy (non-hydrogen) atoms. The van der Waals surface area contributed by atoms with Crippen LogP contribution in [0.2, 0.25) is 0 Å². The molecule has 0 radical (unpaired) electrons. The minimum atomic E-state index is -0.188. The van der Waals surface area contributed by atoms with Crippen LogP contribution < -0.4 is 5.73 Å². The number of benzene rings is 1. The summed E-state index contributed by atoms with van der Waals surface area (Å²) >= 11 is 0. The van der Waals surface area contributed by atoms with Gasteiger partial charge in [0.2, 0.25) is 0 Å². The molecule has 1 aliphatic heterocycles. The van der Waals surface area contributed by atoms with Crippen LogP contribution >= 0.6 is 0 Å². The Morgan fingerprint density at radius 1 is 1.44 bits per heavy atom. The number of nitrogens with zero attached hydrogens (tertiary/aromatic N) is 1. The highest BCUT2D eigenvalue weighted by molar-refractivity contribution is 5.47. The van der Waals surface area contributed by atoms with Gasteiger partial charge in [0.05, 0.1) is 0 Å². The molecule has 88 valence electrons. The van der Waals surface area contributed by atoms with Gasteiger partial charge in [-0.1, -0.05) is 13.0 Å². The predicted molar refractivity (Wildman–Crippen MR) is 64.5 cm³/mol. The van der Waals surface area contributed by atoms with Crippen molar-refractivity contribution in [2.24, 2.45) is 5.92 Å². The second-order valence-electron chi connectivity index (χ2n) is 4.93. The summed E-state index contributed by atoms with van der Waals surface area (Å²) in [5, 5.41) is 0. The zero-order valence-electron chi connectivity index (χ0n) is 9.91. The molecule has 2 nitrogen and oxygen atoms in total. The van der Waals surface area contributed by atoms with Gasteiger partial charge in [-0.2, -0.15) is 0 Å². The van der Waals surface area contributed by atoms with Gasteiger partial charge in [0, 0.05) is 30.4 Å². The summed E-state index contributed by atoms with van der Waals surface area (Å²) in [5.41, 5.74) is 7.02. The third-order valence-electron chi connectivity index (χ3n) is 3.43. The van der Waals surface area contributed by atoms with Crippen LogP contribution in [0.15, 0.2) is 18.2 Å². The van der Waals surface area contributed by atoms with Gasteiger partial charge in [-0.15, -0.1) is 0 Å². The smallest absolute Gasteiger partial charge is 0.129 e. The van der Waals surface area contributed by atoms with E-state index < -0.39 is 0 Å². The van der Waals surface area contributed by atoms with Crippen molar-refractivity contribution in [2.45, 2.75) is 32.9 Å². The average Bonchev–Trinajstić information content (AvgIpc) is 2.51. The van der Waals surface area contributed by atoms with Crippen molar-refractivity contribution in [2.75, 3.05) is 12.3 Å². The van der Waals surface area contributed by atoms with Crippen molar-refractivity contribution in [3.63, 3.8) is 0 Å². The second kappa shape index (κ2) is 4.42. The summed E-state index contributed by atoms with van der Waals surface area (Å²) in [6.45, 7) is 6.10. The monoisotopic (exact) mass is 222 g/mol. The number of nitrogens with two attached hydrogens (primary N) is 1. The Bertz CT molecular complexity index is 358. The van der Waals surface area contributed by atoms with Gasteiger partial charge in [0.25, 0.3) is 0 Å². The van der Waals surface area contributed by atoms with Crippen LogP contribution in [0.5, 0.6) is 0 Å². The summed E-state index contributed by atoms with van der Waals surface area (Å²) < 4.78 is 13.6. The number of rotatable bonds is 2. The highest BCUT2D eigenvalue weighted by Gasteiger charge is 2.26. The summed E-state index contributed by atoms with van der Waals surface area (Å²) in [7, 11) is 0. The Kier molecular flexibility index (Phi) is 3.15. The zero-order valence-corrected chi connectivity index (χ0v) is 9.91. The van der Waals surface area contributed by atoms with Crippen molar-refractivity contribution < 1.29 is 4.39 Å². The van der Waals surface area contributed by atoms with Crippen LogP contribution in [0, 0.1) is 11.7 Å². The molecule has 2 atom stereocenters. The summed E-state index contributed by atoms with van der Waals surface area (Å²) in [5.74, 6) is 0.509. The van der Waals surface area contributed by atoms with Gasteiger partial charge in [-0.3, -0.25) is 4.90 Å². The molecule has 0 spiro atoms. The van der Waals surface area contributed by atoms with E-state index in [0.717, 1.165) is 6.54 Å². The Hall–Kier alpha value is -1.09. The summed E-state index contributed by atoms with van der Waals surface area (Å²) in [6, 6.07) is 5.43. The summed E-state index contributed by atoms with van der Waals surface area (Å²) in [6.07, 6.45) is 1.19. The number of nitrogen functional groups attached to an aromatic ring is 1. The molecule has 0 saturated carbocycles.